The van der Waals surface area contributed by atoms with E-state index >= 15 is 0 Å². The van der Waals surface area contributed by atoms with Crippen LogP contribution in [0.4, 0.5) is 11.6 Å². The Balaban J connectivity index is 1.71. The van der Waals surface area contributed by atoms with Crippen molar-refractivity contribution in [1.29, 1.82) is 0 Å². The maximum absolute atomic E-state index is 12.4. The van der Waals surface area contributed by atoms with Crippen molar-refractivity contribution in [2.24, 2.45) is 0 Å². The standard InChI is InChI=1S/C21H22N4O2/c1-14-5-4-6-16(11-14)13-23-20(26)17-9-10-22-21(24-17)25-18-12-15(2)7-8-19(18)27-3/h4-12H,13H2,1-3H3,(H,23,26)(H,22,24,25). The number of hydrogen-bond acceptors (Lipinski definition) is 5. The van der Waals surface area contributed by atoms with E-state index in [1.54, 1.807) is 19.4 Å². The summed E-state index contributed by atoms with van der Waals surface area (Å²) in [6.07, 6.45) is 1.55. The third-order valence-corrected chi connectivity index (χ3v) is 4.03. The highest BCUT2D eigenvalue weighted by Gasteiger charge is 2.10. The van der Waals surface area contributed by atoms with E-state index in [0.717, 1.165) is 22.4 Å². The molecule has 138 valence electrons. The molecule has 3 aromatic rings. The number of rotatable bonds is 6. The van der Waals surface area contributed by atoms with Gasteiger partial charge in [0, 0.05) is 12.7 Å². The lowest BCUT2D eigenvalue weighted by Crippen LogP contribution is -2.24. The summed E-state index contributed by atoms with van der Waals surface area (Å²) in [6.45, 7) is 4.45. The minimum Gasteiger partial charge on any atom is -0.495 e. The first-order valence-electron chi connectivity index (χ1n) is 8.63. The number of nitrogens with one attached hydrogen (secondary N) is 2. The van der Waals surface area contributed by atoms with Crippen molar-refractivity contribution in [2.75, 3.05) is 12.4 Å². The van der Waals surface area contributed by atoms with Gasteiger partial charge in [-0.3, -0.25) is 4.79 Å². The lowest BCUT2D eigenvalue weighted by atomic mass is 10.1. The van der Waals surface area contributed by atoms with Crippen molar-refractivity contribution in [1.82, 2.24) is 15.3 Å². The number of benzene rings is 2. The number of aryl methyl sites for hydroxylation is 2. The average molecular weight is 362 g/mol. The molecular formula is C21H22N4O2. The predicted octanol–water partition coefficient (Wildman–Crippen LogP) is 3.78. The molecule has 0 aliphatic rings. The molecule has 3 rings (SSSR count). The van der Waals surface area contributed by atoms with E-state index in [4.69, 9.17) is 4.74 Å². The second kappa shape index (κ2) is 8.31. The van der Waals surface area contributed by atoms with Crippen LogP contribution in [0.1, 0.15) is 27.2 Å². The van der Waals surface area contributed by atoms with Gasteiger partial charge in [0.05, 0.1) is 12.8 Å². The first-order chi connectivity index (χ1) is 13.0. The second-order valence-electron chi connectivity index (χ2n) is 6.27. The number of ether oxygens (including phenoxy) is 1. The fraction of sp³-hybridized carbons (Fsp3) is 0.190. The lowest BCUT2D eigenvalue weighted by Gasteiger charge is -2.11. The van der Waals surface area contributed by atoms with E-state index < -0.39 is 0 Å². The zero-order valence-electron chi connectivity index (χ0n) is 15.6. The van der Waals surface area contributed by atoms with Crippen LogP contribution in [-0.4, -0.2) is 23.0 Å². The van der Waals surface area contributed by atoms with Crippen molar-refractivity contribution < 1.29 is 9.53 Å². The van der Waals surface area contributed by atoms with Gasteiger partial charge in [0.25, 0.3) is 5.91 Å². The van der Waals surface area contributed by atoms with E-state index in [1.807, 2.05) is 56.3 Å². The SMILES string of the molecule is COc1ccc(C)cc1Nc1nccc(C(=O)NCc2cccc(C)c2)n1. The van der Waals surface area contributed by atoms with Crippen LogP contribution in [-0.2, 0) is 6.54 Å². The average Bonchev–Trinajstić information content (AvgIpc) is 2.66. The van der Waals surface area contributed by atoms with Crippen molar-refractivity contribution >= 4 is 17.5 Å². The van der Waals surface area contributed by atoms with Gasteiger partial charge in [0.2, 0.25) is 5.95 Å². The van der Waals surface area contributed by atoms with Gasteiger partial charge in [0.15, 0.2) is 0 Å². The zero-order chi connectivity index (χ0) is 19.2. The maximum Gasteiger partial charge on any atom is 0.270 e. The minimum absolute atomic E-state index is 0.252. The molecule has 2 aromatic carbocycles. The number of hydrogen-bond donors (Lipinski definition) is 2. The van der Waals surface area contributed by atoms with Crippen molar-refractivity contribution in [2.45, 2.75) is 20.4 Å². The van der Waals surface area contributed by atoms with Gasteiger partial charge in [-0.05, 0) is 43.2 Å². The third kappa shape index (κ3) is 4.82. The predicted molar refractivity (Wildman–Crippen MR) is 105 cm³/mol. The number of anilines is 2. The highest BCUT2D eigenvalue weighted by atomic mass is 16.5. The van der Waals surface area contributed by atoms with Crippen molar-refractivity contribution in [3.8, 4) is 5.75 Å². The quantitative estimate of drug-likeness (QED) is 0.698. The van der Waals surface area contributed by atoms with E-state index in [0.29, 0.717) is 23.9 Å². The topological polar surface area (TPSA) is 76.1 Å². The Morgan fingerprint density at radius 3 is 2.67 bits per heavy atom. The van der Waals surface area contributed by atoms with E-state index in [-0.39, 0.29) is 5.91 Å². The van der Waals surface area contributed by atoms with Crippen LogP contribution in [0.2, 0.25) is 0 Å². The molecule has 6 heteroatoms. The number of aromatic nitrogens is 2. The molecule has 0 aliphatic carbocycles. The maximum atomic E-state index is 12.4. The molecule has 6 nitrogen and oxygen atoms in total. The Kier molecular flexibility index (Phi) is 5.66. The molecule has 0 bridgehead atoms. The molecule has 1 amide bonds. The van der Waals surface area contributed by atoms with Crippen LogP contribution < -0.4 is 15.4 Å². The van der Waals surface area contributed by atoms with E-state index in [9.17, 15) is 4.79 Å². The summed E-state index contributed by atoms with van der Waals surface area (Å²) in [5, 5.41) is 6.00. The largest absolute Gasteiger partial charge is 0.495 e. The summed E-state index contributed by atoms with van der Waals surface area (Å²) in [5.74, 6) is 0.763. The van der Waals surface area contributed by atoms with Crippen LogP contribution in [0, 0.1) is 13.8 Å². The van der Waals surface area contributed by atoms with Crippen LogP contribution >= 0.6 is 0 Å². The van der Waals surface area contributed by atoms with Crippen LogP contribution in [0.25, 0.3) is 0 Å². The summed E-state index contributed by atoms with van der Waals surface area (Å²) >= 11 is 0. The molecule has 27 heavy (non-hydrogen) atoms. The van der Waals surface area contributed by atoms with Gasteiger partial charge in [-0.2, -0.15) is 0 Å². The third-order valence-electron chi connectivity index (χ3n) is 4.03. The fourth-order valence-electron chi connectivity index (χ4n) is 2.68. The molecule has 0 spiro atoms. The number of carbonyl (C=O) groups is 1. The summed E-state index contributed by atoms with van der Waals surface area (Å²) in [5.41, 5.74) is 4.31. The normalized spacial score (nSPS) is 10.3. The smallest absolute Gasteiger partial charge is 0.270 e. The number of nitrogens with zero attached hydrogens (tertiary/aromatic N) is 2. The summed E-state index contributed by atoms with van der Waals surface area (Å²) in [6, 6.07) is 15.4. The van der Waals surface area contributed by atoms with Crippen molar-refractivity contribution in [3.63, 3.8) is 0 Å². The van der Waals surface area contributed by atoms with Gasteiger partial charge in [-0.25, -0.2) is 9.97 Å². The van der Waals surface area contributed by atoms with Crippen LogP contribution in [0.3, 0.4) is 0 Å². The Bertz CT molecular complexity index is 956. The Hall–Kier alpha value is -3.41. The highest BCUT2D eigenvalue weighted by Crippen LogP contribution is 2.27. The van der Waals surface area contributed by atoms with Crippen LogP contribution in [0.15, 0.2) is 54.7 Å². The molecule has 0 saturated heterocycles. The van der Waals surface area contributed by atoms with Crippen LogP contribution in [0.5, 0.6) is 5.75 Å². The molecule has 2 N–H and O–H groups in total. The molecule has 0 unspecified atom stereocenters. The zero-order valence-corrected chi connectivity index (χ0v) is 15.6. The van der Waals surface area contributed by atoms with E-state index in [2.05, 4.69) is 20.6 Å². The van der Waals surface area contributed by atoms with Gasteiger partial charge in [-0.15, -0.1) is 0 Å². The monoisotopic (exact) mass is 362 g/mol. The molecule has 0 atom stereocenters. The Morgan fingerprint density at radius 1 is 1.07 bits per heavy atom. The fourth-order valence-corrected chi connectivity index (χ4v) is 2.68. The summed E-state index contributed by atoms with van der Waals surface area (Å²) in [4.78, 5) is 20.9. The van der Waals surface area contributed by atoms with Crippen molar-refractivity contribution in [3.05, 3.63) is 77.1 Å². The first-order valence-corrected chi connectivity index (χ1v) is 8.63. The Morgan fingerprint density at radius 2 is 1.89 bits per heavy atom. The first kappa shape index (κ1) is 18.4. The molecule has 0 radical (unpaired) electrons. The molecule has 0 saturated carbocycles. The summed E-state index contributed by atoms with van der Waals surface area (Å²) < 4.78 is 5.35. The number of methoxy groups -OCH3 is 1. The van der Waals surface area contributed by atoms with Gasteiger partial charge < -0.3 is 15.4 Å². The lowest BCUT2D eigenvalue weighted by molar-refractivity contribution is 0.0946. The van der Waals surface area contributed by atoms with Gasteiger partial charge >= 0.3 is 0 Å². The molecule has 0 aliphatic heterocycles. The molecular weight excluding hydrogens is 340 g/mol. The van der Waals surface area contributed by atoms with Gasteiger partial charge in [-0.1, -0.05) is 35.9 Å². The van der Waals surface area contributed by atoms with E-state index in [1.165, 1.54) is 0 Å². The summed E-state index contributed by atoms with van der Waals surface area (Å²) in [7, 11) is 1.60. The minimum atomic E-state index is -0.252. The number of amides is 1. The molecule has 1 heterocycles. The molecule has 1 aromatic heterocycles. The van der Waals surface area contributed by atoms with Gasteiger partial charge in [0.1, 0.15) is 11.4 Å². The Labute approximate surface area is 158 Å². The second-order valence-corrected chi connectivity index (χ2v) is 6.27. The highest BCUT2D eigenvalue weighted by molar-refractivity contribution is 5.92. The molecule has 0 fully saturated rings. The number of carbonyl (C=O) groups excluding carboxylic acids is 1.